The molecule has 0 aliphatic heterocycles. The first-order valence-electron chi connectivity index (χ1n) is 5.03. The van der Waals surface area contributed by atoms with Crippen molar-refractivity contribution in [2.45, 2.75) is 33.1 Å². The smallest absolute Gasteiger partial charge is 0.141 e. The fourth-order valence-electron chi connectivity index (χ4n) is 1.75. The summed E-state index contributed by atoms with van der Waals surface area (Å²) in [4.78, 5) is 4.36. The molecule has 2 aromatic heterocycles. The van der Waals surface area contributed by atoms with E-state index in [1.54, 1.807) is 6.20 Å². The molecule has 15 heavy (non-hydrogen) atoms. The van der Waals surface area contributed by atoms with Crippen molar-refractivity contribution >= 4 is 17.2 Å². The second kappa shape index (κ2) is 3.24. The Morgan fingerprint density at radius 1 is 1.33 bits per heavy atom. The molecule has 0 fully saturated rings. The lowest BCUT2D eigenvalue weighted by molar-refractivity contribution is 0.591. The van der Waals surface area contributed by atoms with Gasteiger partial charge in [-0.1, -0.05) is 38.4 Å². The van der Waals surface area contributed by atoms with Crippen LogP contribution in [0.1, 0.15) is 31.9 Å². The molecule has 0 aliphatic rings. The molecule has 0 bridgehead atoms. The molecule has 2 heterocycles. The third-order valence-electron chi connectivity index (χ3n) is 2.51. The number of aromatic nitrogens is 2. The number of halogens is 1. The lowest BCUT2D eigenvalue weighted by atomic mass is 9.87. The average molecular weight is 223 g/mol. The van der Waals surface area contributed by atoms with Crippen LogP contribution in [-0.4, -0.2) is 9.38 Å². The summed E-state index contributed by atoms with van der Waals surface area (Å²) < 4.78 is 1.94. The monoisotopic (exact) mass is 222 g/mol. The molecule has 3 heteroatoms. The Bertz CT molecular complexity index is 506. The number of fused-ring (bicyclic) bond motifs is 1. The van der Waals surface area contributed by atoms with Gasteiger partial charge >= 0.3 is 0 Å². The Balaban J connectivity index is 2.84. The van der Waals surface area contributed by atoms with E-state index in [0.717, 1.165) is 5.65 Å². The van der Waals surface area contributed by atoms with E-state index in [0.29, 0.717) is 5.15 Å². The van der Waals surface area contributed by atoms with Crippen LogP contribution in [0.25, 0.3) is 5.65 Å². The van der Waals surface area contributed by atoms with Crippen LogP contribution < -0.4 is 0 Å². The van der Waals surface area contributed by atoms with Gasteiger partial charge in [-0.2, -0.15) is 0 Å². The molecule has 0 radical (unpaired) electrons. The van der Waals surface area contributed by atoms with E-state index < -0.39 is 0 Å². The fraction of sp³-hybridized carbons (Fsp3) is 0.417. The highest BCUT2D eigenvalue weighted by Crippen LogP contribution is 2.28. The largest absolute Gasteiger partial charge is 0.290 e. The van der Waals surface area contributed by atoms with Gasteiger partial charge in [-0.05, 0) is 17.9 Å². The first-order chi connectivity index (χ1) is 6.89. The zero-order chi connectivity index (χ0) is 11.2. The Morgan fingerprint density at radius 3 is 2.60 bits per heavy atom. The maximum Gasteiger partial charge on any atom is 0.141 e. The summed E-state index contributed by atoms with van der Waals surface area (Å²) in [6.07, 6.45) is 3.71. The topological polar surface area (TPSA) is 17.3 Å². The van der Waals surface area contributed by atoms with Crippen LogP contribution in [0.3, 0.4) is 0 Å². The highest BCUT2D eigenvalue weighted by Gasteiger charge is 2.19. The molecule has 0 saturated heterocycles. The van der Waals surface area contributed by atoms with Gasteiger partial charge in [0, 0.05) is 11.8 Å². The van der Waals surface area contributed by atoms with E-state index >= 15 is 0 Å². The van der Waals surface area contributed by atoms with Crippen molar-refractivity contribution in [3.8, 4) is 0 Å². The van der Waals surface area contributed by atoms with Gasteiger partial charge in [0.15, 0.2) is 0 Å². The van der Waals surface area contributed by atoms with Crippen molar-refractivity contribution in [3.63, 3.8) is 0 Å². The van der Waals surface area contributed by atoms with Crippen LogP contribution in [0, 0.1) is 6.92 Å². The van der Waals surface area contributed by atoms with Gasteiger partial charge in [0.2, 0.25) is 0 Å². The molecular weight excluding hydrogens is 208 g/mol. The van der Waals surface area contributed by atoms with E-state index in [-0.39, 0.29) is 5.41 Å². The van der Waals surface area contributed by atoms with Gasteiger partial charge in [0.1, 0.15) is 10.8 Å². The van der Waals surface area contributed by atoms with Gasteiger partial charge in [0.25, 0.3) is 0 Å². The second-order valence-corrected chi connectivity index (χ2v) is 5.34. The van der Waals surface area contributed by atoms with Crippen LogP contribution in [0.5, 0.6) is 0 Å². The van der Waals surface area contributed by atoms with Crippen molar-refractivity contribution in [1.82, 2.24) is 9.38 Å². The Morgan fingerprint density at radius 2 is 2.00 bits per heavy atom. The molecule has 80 valence electrons. The van der Waals surface area contributed by atoms with Crippen LogP contribution in [0.2, 0.25) is 5.15 Å². The average Bonchev–Trinajstić information content (AvgIpc) is 2.45. The second-order valence-electron chi connectivity index (χ2n) is 4.96. The molecular formula is C12H15ClN2. The minimum atomic E-state index is 0.0853. The van der Waals surface area contributed by atoms with Crippen LogP contribution in [0.4, 0.5) is 0 Å². The van der Waals surface area contributed by atoms with Crippen molar-refractivity contribution < 1.29 is 0 Å². The van der Waals surface area contributed by atoms with E-state index in [1.807, 2.05) is 10.6 Å². The summed E-state index contributed by atoms with van der Waals surface area (Å²) in [7, 11) is 0. The summed E-state index contributed by atoms with van der Waals surface area (Å²) >= 11 is 6.07. The fourth-order valence-corrected chi connectivity index (χ4v) is 1.92. The van der Waals surface area contributed by atoms with Crippen molar-refractivity contribution in [2.24, 2.45) is 0 Å². The van der Waals surface area contributed by atoms with Crippen LogP contribution in [-0.2, 0) is 5.41 Å². The van der Waals surface area contributed by atoms with Crippen molar-refractivity contribution in [3.05, 3.63) is 34.7 Å². The normalized spacial score (nSPS) is 12.3. The highest BCUT2D eigenvalue weighted by atomic mass is 35.5. The number of imidazole rings is 1. The first kappa shape index (κ1) is 10.5. The molecule has 0 aliphatic carbocycles. The Kier molecular flexibility index (Phi) is 2.27. The SMILES string of the molecule is Cc1cc(C(C)(C)C)c2ncc(Cl)n2c1. The number of nitrogens with zero attached hydrogens (tertiary/aromatic N) is 2. The first-order valence-corrected chi connectivity index (χ1v) is 5.41. The molecule has 0 N–H and O–H groups in total. The summed E-state index contributed by atoms with van der Waals surface area (Å²) in [6.45, 7) is 8.63. The molecule has 2 nitrogen and oxygen atoms in total. The quantitative estimate of drug-likeness (QED) is 0.666. The molecule has 0 saturated carbocycles. The number of pyridine rings is 1. The van der Waals surface area contributed by atoms with E-state index in [2.05, 4.69) is 38.7 Å². The number of rotatable bonds is 0. The molecule has 2 aromatic rings. The zero-order valence-corrected chi connectivity index (χ0v) is 10.3. The predicted octanol–water partition coefficient (Wildman–Crippen LogP) is 3.59. The third kappa shape index (κ3) is 1.74. The van der Waals surface area contributed by atoms with Crippen LogP contribution >= 0.6 is 11.6 Å². The zero-order valence-electron chi connectivity index (χ0n) is 9.50. The minimum Gasteiger partial charge on any atom is -0.290 e. The Labute approximate surface area is 94.9 Å². The lowest BCUT2D eigenvalue weighted by Gasteiger charge is -2.20. The minimum absolute atomic E-state index is 0.0853. The summed E-state index contributed by atoms with van der Waals surface area (Å²) in [5.74, 6) is 0. The van der Waals surface area contributed by atoms with Gasteiger partial charge in [-0.3, -0.25) is 4.40 Å². The van der Waals surface area contributed by atoms with Gasteiger partial charge in [-0.25, -0.2) is 4.98 Å². The molecule has 2 rings (SSSR count). The van der Waals surface area contributed by atoms with E-state index in [4.69, 9.17) is 11.6 Å². The maximum atomic E-state index is 6.07. The number of aryl methyl sites for hydroxylation is 1. The number of hydrogen-bond acceptors (Lipinski definition) is 1. The van der Waals surface area contributed by atoms with Gasteiger partial charge < -0.3 is 0 Å². The van der Waals surface area contributed by atoms with E-state index in [1.165, 1.54) is 11.1 Å². The highest BCUT2D eigenvalue weighted by molar-refractivity contribution is 6.29. The molecule has 0 atom stereocenters. The summed E-state index contributed by atoms with van der Waals surface area (Å²) in [6, 6.07) is 2.18. The third-order valence-corrected chi connectivity index (χ3v) is 2.79. The standard InChI is InChI=1S/C12H15ClN2/c1-8-5-9(12(2,3)4)11-14-6-10(13)15(11)7-8/h5-7H,1-4H3. The lowest BCUT2D eigenvalue weighted by Crippen LogP contribution is -2.13. The predicted molar refractivity (Wildman–Crippen MR) is 63.6 cm³/mol. The summed E-state index contributed by atoms with van der Waals surface area (Å²) in [5.41, 5.74) is 3.47. The van der Waals surface area contributed by atoms with Crippen molar-refractivity contribution in [1.29, 1.82) is 0 Å². The molecule has 0 unspecified atom stereocenters. The molecule has 0 spiro atoms. The van der Waals surface area contributed by atoms with Crippen LogP contribution in [0.15, 0.2) is 18.5 Å². The van der Waals surface area contributed by atoms with E-state index in [9.17, 15) is 0 Å². The molecule has 0 aromatic carbocycles. The number of hydrogen-bond donors (Lipinski definition) is 0. The maximum absolute atomic E-state index is 6.07. The van der Waals surface area contributed by atoms with Gasteiger partial charge in [-0.15, -0.1) is 0 Å². The van der Waals surface area contributed by atoms with Crippen molar-refractivity contribution in [2.75, 3.05) is 0 Å². The van der Waals surface area contributed by atoms with Gasteiger partial charge in [0.05, 0.1) is 6.20 Å². The summed E-state index contributed by atoms with van der Waals surface area (Å²) in [5, 5.41) is 0.666. The Hall–Kier alpha value is -1.02. The molecule has 0 amide bonds.